The summed E-state index contributed by atoms with van der Waals surface area (Å²) in [6, 6.07) is 0. The zero-order chi connectivity index (χ0) is 10.8. The molecule has 0 saturated carbocycles. The number of rotatable bonds is 3. The van der Waals surface area contributed by atoms with Gasteiger partial charge in [0.05, 0.1) is 15.9 Å². The van der Waals surface area contributed by atoms with Gasteiger partial charge in [-0.25, -0.2) is 0 Å². The molecule has 1 aromatic heterocycles. The number of hydrogen-bond donors (Lipinski definition) is 2. The van der Waals surface area contributed by atoms with Gasteiger partial charge in [0.15, 0.2) is 0 Å². The van der Waals surface area contributed by atoms with Gasteiger partial charge in [-0.05, 0) is 23.0 Å². The predicted octanol–water partition coefficient (Wildman–Crippen LogP) is 2.23. The topological polar surface area (TPSA) is 40.7 Å². The van der Waals surface area contributed by atoms with Crippen LogP contribution in [0.25, 0.3) is 0 Å². The van der Waals surface area contributed by atoms with E-state index in [9.17, 15) is 0 Å². The quantitative estimate of drug-likeness (QED) is 0.875. The Morgan fingerprint density at radius 1 is 1.43 bits per heavy atom. The van der Waals surface area contributed by atoms with Crippen molar-refractivity contribution >= 4 is 15.9 Å². The highest BCUT2D eigenvalue weighted by Gasteiger charge is 2.22. The van der Waals surface area contributed by atoms with Crippen LogP contribution in [0.1, 0.15) is 32.2 Å². The Hall–Kier alpha value is -0.350. The van der Waals surface area contributed by atoms with Gasteiger partial charge in [-0.3, -0.25) is 5.10 Å². The maximum Gasteiger partial charge on any atom is 0.0820 e. The van der Waals surface area contributed by atoms with Crippen molar-refractivity contribution in [1.29, 1.82) is 0 Å². The largest absolute Gasteiger partial charge is 0.319 e. The third-order valence-corrected chi connectivity index (χ3v) is 2.97. The van der Waals surface area contributed by atoms with E-state index in [0.717, 1.165) is 23.1 Å². The van der Waals surface area contributed by atoms with Crippen LogP contribution in [0.5, 0.6) is 0 Å². The van der Waals surface area contributed by atoms with E-state index in [-0.39, 0.29) is 5.41 Å². The molecule has 14 heavy (non-hydrogen) atoms. The lowest BCUT2D eigenvalue weighted by Crippen LogP contribution is -2.13. The van der Waals surface area contributed by atoms with Crippen molar-refractivity contribution in [2.45, 2.75) is 32.6 Å². The number of nitrogens with one attached hydrogen (secondary N) is 2. The Bertz CT molecular complexity index is 299. The maximum absolute atomic E-state index is 4.34. The summed E-state index contributed by atoms with van der Waals surface area (Å²) in [4.78, 5) is 0. The molecule has 1 aromatic rings. The van der Waals surface area contributed by atoms with Crippen molar-refractivity contribution in [1.82, 2.24) is 15.5 Å². The molecule has 0 unspecified atom stereocenters. The molecule has 0 fully saturated rings. The molecular weight excluding hydrogens is 242 g/mol. The molecule has 0 atom stereocenters. The molecule has 3 nitrogen and oxygen atoms in total. The molecular formula is C10H18BrN3. The first-order valence-electron chi connectivity index (χ1n) is 4.84. The summed E-state index contributed by atoms with van der Waals surface area (Å²) in [5.41, 5.74) is 2.36. The second-order valence-electron chi connectivity index (χ2n) is 4.47. The number of H-pyrrole nitrogens is 1. The predicted molar refractivity (Wildman–Crippen MR) is 62.6 cm³/mol. The van der Waals surface area contributed by atoms with Gasteiger partial charge in [-0.2, -0.15) is 5.10 Å². The van der Waals surface area contributed by atoms with Crippen LogP contribution in [0.4, 0.5) is 0 Å². The van der Waals surface area contributed by atoms with Crippen LogP contribution >= 0.6 is 15.9 Å². The lowest BCUT2D eigenvalue weighted by atomic mass is 9.92. The molecule has 80 valence electrons. The van der Waals surface area contributed by atoms with E-state index >= 15 is 0 Å². The Morgan fingerprint density at radius 2 is 2.07 bits per heavy atom. The summed E-state index contributed by atoms with van der Waals surface area (Å²) >= 11 is 3.60. The van der Waals surface area contributed by atoms with E-state index in [0.29, 0.717) is 0 Å². The van der Waals surface area contributed by atoms with Crippen LogP contribution in [0.15, 0.2) is 4.47 Å². The number of aromatic amines is 1. The number of likely N-dealkylation sites (N-methyl/N-ethyl adjacent to an activating group) is 1. The lowest BCUT2D eigenvalue weighted by molar-refractivity contribution is 0.564. The van der Waals surface area contributed by atoms with Gasteiger partial charge in [0.25, 0.3) is 0 Å². The van der Waals surface area contributed by atoms with E-state index in [1.54, 1.807) is 0 Å². The molecule has 0 aliphatic heterocycles. The second-order valence-corrected chi connectivity index (χ2v) is 5.26. The molecule has 0 saturated heterocycles. The molecule has 0 aliphatic carbocycles. The Kier molecular flexibility index (Phi) is 3.72. The average Bonchev–Trinajstić information content (AvgIpc) is 2.42. The van der Waals surface area contributed by atoms with Crippen molar-refractivity contribution in [3.05, 3.63) is 15.9 Å². The van der Waals surface area contributed by atoms with E-state index in [4.69, 9.17) is 0 Å². The Labute approximate surface area is 93.8 Å². The van der Waals surface area contributed by atoms with E-state index in [1.807, 2.05) is 7.05 Å². The average molecular weight is 260 g/mol. The normalized spacial score (nSPS) is 12.1. The molecule has 1 rings (SSSR count). The Morgan fingerprint density at radius 3 is 2.50 bits per heavy atom. The van der Waals surface area contributed by atoms with E-state index in [1.165, 1.54) is 5.69 Å². The smallest absolute Gasteiger partial charge is 0.0820 e. The maximum atomic E-state index is 4.34. The Balaban J connectivity index is 2.86. The molecule has 0 aliphatic rings. The molecule has 4 heteroatoms. The SMILES string of the molecule is CNCCc1[nH]nc(C(C)(C)C)c1Br. The van der Waals surface area contributed by atoms with Gasteiger partial charge in [-0.15, -0.1) is 0 Å². The zero-order valence-electron chi connectivity index (χ0n) is 9.24. The minimum atomic E-state index is 0.0905. The third kappa shape index (κ3) is 2.58. The number of nitrogens with zero attached hydrogens (tertiary/aromatic N) is 1. The van der Waals surface area contributed by atoms with Crippen LogP contribution < -0.4 is 5.32 Å². The molecule has 0 amide bonds. The first kappa shape index (κ1) is 11.7. The van der Waals surface area contributed by atoms with Crippen molar-refractivity contribution in [3.63, 3.8) is 0 Å². The highest BCUT2D eigenvalue weighted by Crippen LogP contribution is 2.29. The van der Waals surface area contributed by atoms with Crippen LogP contribution in [-0.4, -0.2) is 23.8 Å². The lowest BCUT2D eigenvalue weighted by Gasteiger charge is -2.15. The summed E-state index contributed by atoms with van der Waals surface area (Å²) < 4.78 is 1.13. The molecule has 0 spiro atoms. The molecule has 0 radical (unpaired) electrons. The van der Waals surface area contributed by atoms with Crippen LogP contribution in [-0.2, 0) is 11.8 Å². The fourth-order valence-corrected chi connectivity index (χ4v) is 2.25. The van der Waals surface area contributed by atoms with Gasteiger partial charge in [0.1, 0.15) is 0 Å². The van der Waals surface area contributed by atoms with Gasteiger partial charge >= 0.3 is 0 Å². The third-order valence-electron chi connectivity index (χ3n) is 2.11. The van der Waals surface area contributed by atoms with Crippen molar-refractivity contribution in [2.75, 3.05) is 13.6 Å². The van der Waals surface area contributed by atoms with E-state index < -0.39 is 0 Å². The minimum Gasteiger partial charge on any atom is -0.319 e. The van der Waals surface area contributed by atoms with Crippen molar-refractivity contribution < 1.29 is 0 Å². The fraction of sp³-hybridized carbons (Fsp3) is 0.700. The highest BCUT2D eigenvalue weighted by atomic mass is 79.9. The molecule has 0 aromatic carbocycles. The molecule has 2 N–H and O–H groups in total. The van der Waals surface area contributed by atoms with Crippen LogP contribution in [0.3, 0.4) is 0 Å². The van der Waals surface area contributed by atoms with Crippen LogP contribution in [0, 0.1) is 0 Å². The van der Waals surface area contributed by atoms with Gasteiger partial charge in [0.2, 0.25) is 0 Å². The first-order chi connectivity index (χ1) is 6.46. The standard InChI is InChI=1S/C10H18BrN3/c1-10(2,3)9-8(11)7(13-14-9)5-6-12-4/h12H,5-6H2,1-4H3,(H,13,14). The highest BCUT2D eigenvalue weighted by molar-refractivity contribution is 9.10. The summed E-state index contributed by atoms with van der Waals surface area (Å²) in [5, 5.41) is 10.5. The van der Waals surface area contributed by atoms with Crippen molar-refractivity contribution in [3.8, 4) is 0 Å². The number of hydrogen-bond acceptors (Lipinski definition) is 2. The molecule has 1 heterocycles. The second kappa shape index (κ2) is 4.45. The monoisotopic (exact) mass is 259 g/mol. The van der Waals surface area contributed by atoms with Gasteiger partial charge < -0.3 is 5.32 Å². The summed E-state index contributed by atoms with van der Waals surface area (Å²) in [6.07, 6.45) is 0.972. The summed E-state index contributed by atoms with van der Waals surface area (Å²) in [6.45, 7) is 7.45. The minimum absolute atomic E-state index is 0.0905. The fourth-order valence-electron chi connectivity index (χ4n) is 1.28. The van der Waals surface area contributed by atoms with Gasteiger partial charge in [-0.1, -0.05) is 20.8 Å². The van der Waals surface area contributed by atoms with E-state index in [2.05, 4.69) is 52.2 Å². The summed E-state index contributed by atoms with van der Waals surface area (Å²) in [5.74, 6) is 0. The van der Waals surface area contributed by atoms with Crippen molar-refractivity contribution in [2.24, 2.45) is 0 Å². The zero-order valence-corrected chi connectivity index (χ0v) is 10.8. The van der Waals surface area contributed by atoms with Crippen LogP contribution in [0.2, 0.25) is 0 Å². The number of halogens is 1. The number of aromatic nitrogens is 2. The summed E-state index contributed by atoms with van der Waals surface area (Å²) in [7, 11) is 1.95. The first-order valence-corrected chi connectivity index (χ1v) is 5.64. The van der Waals surface area contributed by atoms with Gasteiger partial charge in [0, 0.05) is 18.4 Å². The molecule has 0 bridgehead atoms.